The first-order chi connectivity index (χ1) is 22.7. The number of hydrogen-bond acceptors (Lipinski definition) is 7. The zero-order chi connectivity index (χ0) is 33.8. The summed E-state index contributed by atoms with van der Waals surface area (Å²) in [5.74, 6) is 2.11. The van der Waals surface area contributed by atoms with Crippen LogP contribution in [-0.2, 0) is 4.74 Å². The van der Waals surface area contributed by atoms with E-state index in [0.29, 0.717) is 48.4 Å². The fraction of sp³-hybridized carbons (Fsp3) is 0.475. The minimum Gasteiger partial charge on any atom is -0.507 e. The lowest BCUT2D eigenvalue weighted by Crippen LogP contribution is -2.27. The monoisotopic (exact) mass is 639 g/mol. The second-order valence-electron chi connectivity index (χ2n) is 12.9. The van der Waals surface area contributed by atoms with Crippen molar-refractivity contribution in [2.45, 2.75) is 112 Å². The molecule has 2 atom stereocenters. The molecule has 0 spiro atoms. The van der Waals surface area contributed by atoms with Gasteiger partial charge in [0.1, 0.15) is 11.5 Å². The highest BCUT2D eigenvalue weighted by molar-refractivity contribution is 5.72. The number of hydrogen-bond donors (Lipinski definition) is 2. The topological polar surface area (TPSA) is 97.6 Å². The van der Waals surface area contributed by atoms with E-state index in [2.05, 4.69) is 58.9 Å². The Kier molecular flexibility index (Phi) is 13.7. The summed E-state index contributed by atoms with van der Waals surface area (Å²) >= 11 is 0. The molecule has 0 saturated heterocycles. The van der Waals surface area contributed by atoms with Gasteiger partial charge in [-0.05, 0) is 64.3 Å². The minimum atomic E-state index is -0.498. The van der Waals surface area contributed by atoms with Gasteiger partial charge in [-0.15, -0.1) is 0 Å². The number of nitrogens with zero attached hydrogens (tertiary/aromatic N) is 3. The molecule has 4 rings (SSSR count). The zero-order valence-corrected chi connectivity index (χ0v) is 29.2. The quantitative estimate of drug-likeness (QED) is 0.105. The summed E-state index contributed by atoms with van der Waals surface area (Å²) in [7, 11) is 0. The molecule has 7 heteroatoms. The Labute approximate surface area is 281 Å². The molecule has 4 aromatic rings. The van der Waals surface area contributed by atoms with E-state index in [1.807, 2.05) is 18.2 Å². The fourth-order valence-corrected chi connectivity index (χ4v) is 5.91. The lowest BCUT2D eigenvalue weighted by molar-refractivity contribution is -0.0375. The molecule has 3 aromatic carbocycles. The molecule has 0 aliphatic rings. The van der Waals surface area contributed by atoms with Crippen LogP contribution in [0.25, 0.3) is 34.2 Å². The molecule has 1 aromatic heterocycles. The number of rotatable bonds is 18. The lowest BCUT2D eigenvalue weighted by atomic mass is 10.0. The van der Waals surface area contributed by atoms with E-state index >= 15 is 0 Å². The smallest absolute Gasteiger partial charge is 0.167 e. The van der Waals surface area contributed by atoms with Gasteiger partial charge >= 0.3 is 0 Å². The Balaban J connectivity index is 1.41. The van der Waals surface area contributed by atoms with E-state index in [0.717, 1.165) is 35.1 Å². The average molecular weight is 640 g/mol. The van der Waals surface area contributed by atoms with Gasteiger partial charge in [-0.25, -0.2) is 15.0 Å². The van der Waals surface area contributed by atoms with E-state index in [1.165, 1.54) is 49.7 Å². The Hall–Kier alpha value is -3.81. The SMILES string of the molecule is CCCCCCCCCC(OCCCOc1ccc(-c2nc(-c3ccc(C)cc3C)nc(-c3ccc(C)cc3C)n2)c(O)c1)C(C)O. The maximum absolute atomic E-state index is 11.1. The van der Waals surface area contributed by atoms with E-state index < -0.39 is 6.10 Å². The predicted octanol–water partition coefficient (Wildman–Crippen LogP) is 9.49. The first-order valence-corrected chi connectivity index (χ1v) is 17.3. The number of aromatic nitrogens is 3. The molecule has 2 unspecified atom stereocenters. The van der Waals surface area contributed by atoms with Gasteiger partial charge in [0.2, 0.25) is 0 Å². The molecule has 47 heavy (non-hydrogen) atoms. The molecule has 0 radical (unpaired) electrons. The molecule has 2 N–H and O–H groups in total. The van der Waals surface area contributed by atoms with Crippen molar-refractivity contribution < 1.29 is 19.7 Å². The van der Waals surface area contributed by atoms with Gasteiger partial charge in [-0.3, -0.25) is 0 Å². The first kappa shape index (κ1) is 36.0. The highest BCUT2D eigenvalue weighted by Gasteiger charge is 2.18. The van der Waals surface area contributed by atoms with E-state index in [4.69, 9.17) is 24.4 Å². The third kappa shape index (κ3) is 10.6. The molecule has 0 bridgehead atoms. The molecule has 7 nitrogen and oxygen atoms in total. The summed E-state index contributed by atoms with van der Waals surface area (Å²) in [6, 6.07) is 17.6. The Morgan fingerprint density at radius 2 is 1.17 bits per heavy atom. The highest BCUT2D eigenvalue weighted by atomic mass is 16.5. The molecule has 0 fully saturated rings. The number of aliphatic hydroxyl groups excluding tert-OH is 1. The number of phenolic OH excluding ortho intramolecular Hbond substituents is 1. The Bertz CT molecular complexity index is 1520. The summed E-state index contributed by atoms with van der Waals surface area (Å²) in [6.45, 7) is 13.2. The van der Waals surface area contributed by atoms with Crippen LogP contribution in [0.15, 0.2) is 54.6 Å². The molecular formula is C40H53N3O4. The minimum absolute atomic E-state index is 0.0342. The molecule has 1 heterocycles. The van der Waals surface area contributed by atoms with Gasteiger partial charge in [0.15, 0.2) is 17.5 Å². The van der Waals surface area contributed by atoms with Gasteiger partial charge < -0.3 is 19.7 Å². The average Bonchev–Trinajstić information content (AvgIpc) is 3.03. The molecule has 252 valence electrons. The van der Waals surface area contributed by atoms with Crippen molar-refractivity contribution in [3.8, 4) is 45.7 Å². The number of aromatic hydroxyl groups is 1. The molecule has 0 aliphatic heterocycles. The van der Waals surface area contributed by atoms with Gasteiger partial charge in [0.25, 0.3) is 0 Å². The largest absolute Gasteiger partial charge is 0.507 e. The van der Waals surface area contributed by atoms with Crippen molar-refractivity contribution >= 4 is 0 Å². The fourth-order valence-electron chi connectivity index (χ4n) is 5.91. The second kappa shape index (κ2) is 17.9. The highest BCUT2D eigenvalue weighted by Crippen LogP contribution is 2.34. The van der Waals surface area contributed by atoms with Crippen molar-refractivity contribution in [1.82, 2.24) is 15.0 Å². The second-order valence-corrected chi connectivity index (χ2v) is 12.9. The van der Waals surface area contributed by atoms with Crippen LogP contribution in [0.2, 0.25) is 0 Å². The first-order valence-electron chi connectivity index (χ1n) is 17.3. The third-order valence-corrected chi connectivity index (χ3v) is 8.61. The van der Waals surface area contributed by atoms with Crippen LogP contribution in [0.5, 0.6) is 11.5 Å². The standard InChI is InChI=1S/C40H53N3O4/c1-7-8-9-10-11-12-13-15-37(31(6)44)47-23-14-22-46-32-18-21-35(36(45)26-32)40-42-38(33-19-16-27(2)24-29(33)4)41-39(43-40)34-20-17-28(3)25-30(34)5/h16-21,24-26,31,37,44-45H,7-15,22-23H2,1-6H3. The maximum Gasteiger partial charge on any atom is 0.167 e. The summed E-state index contributed by atoms with van der Waals surface area (Å²) in [4.78, 5) is 14.5. The van der Waals surface area contributed by atoms with Crippen molar-refractivity contribution in [2.24, 2.45) is 0 Å². The number of phenols is 1. The predicted molar refractivity (Wildman–Crippen MR) is 191 cm³/mol. The Morgan fingerprint density at radius 1 is 0.638 bits per heavy atom. The zero-order valence-electron chi connectivity index (χ0n) is 29.2. The van der Waals surface area contributed by atoms with Crippen LogP contribution >= 0.6 is 0 Å². The summed E-state index contributed by atoms with van der Waals surface area (Å²) in [5.41, 5.74) is 6.83. The number of unbranched alkanes of at least 4 members (excludes halogenated alkanes) is 6. The molecule has 0 aliphatic carbocycles. The van der Waals surface area contributed by atoms with Crippen LogP contribution in [0.4, 0.5) is 0 Å². The van der Waals surface area contributed by atoms with Crippen LogP contribution in [0, 0.1) is 27.7 Å². The van der Waals surface area contributed by atoms with Crippen molar-refractivity contribution in [1.29, 1.82) is 0 Å². The van der Waals surface area contributed by atoms with Gasteiger partial charge in [0, 0.05) is 23.6 Å². The number of ether oxygens (including phenoxy) is 2. The lowest BCUT2D eigenvalue weighted by Gasteiger charge is -2.20. The summed E-state index contributed by atoms with van der Waals surface area (Å²) in [5, 5.41) is 21.3. The molecule has 0 amide bonds. The van der Waals surface area contributed by atoms with Crippen molar-refractivity contribution in [3.63, 3.8) is 0 Å². The van der Waals surface area contributed by atoms with Gasteiger partial charge in [0.05, 0.1) is 31.0 Å². The van der Waals surface area contributed by atoms with E-state index in [1.54, 1.807) is 19.1 Å². The molecule has 0 saturated carbocycles. The van der Waals surface area contributed by atoms with Gasteiger partial charge in [-0.2, -0.15) is 0 Å². The van der Waals surface area contributed by atoms with Crippen LogP contribution in [0.1, 0.15) is 93.9 Å². The van der Waals surface area contributed by atoms with Crippen molar-refractivity contribution in [2.75, 3.05) is 13.2 Å². The number of benzene rings is 3. The number of aliphatic hydroxyl groups is 1. The van der Waals surface area contributed by atoms with Crippen LogP contribution in [-0.4, -0.2) is 50.6 Å². The summed E-state index contributed by atoms with van der Waals surface area (Å²) < 4.78 is 12.0. The number of aryl methyl sites for hydroxylation is 4. The summed E-state index contributed by atoms with van der Waals surface area (Å²) in [6.07, 6.45) is 9.58. The van der Waals surface area contributed by atoms with Gasteiger partial charge in [-0.1, -0.05) is 99.4 Å². The maximum atomic E-state index is 11.1. The Morgan fingerprint density at radius 3 is 1.70 bits per heavy atom. The van der Waals surface area contributed by atoms with Crippen LogP contribution in [0.3, 0.4) is 0 Å². The normalized spacial score (nSPS) is 12.7. The van der Waals surface area contributed by atoms with Crippen LogP contribution < -0.4 is 4.74 Å². The van der Waals surface area contributed by atoms with Crippen molar-refractivity contribution in [3.05, 3.63) is 76.9 Å². The van der Waals surface area contributed by atoms with E-state index in [-0.39, 0.29) is 11.9 Å². The third-order valence-electron chi connectivity index (χ3n) is 8.61. The van der Waals surface area contributed by atoms with E-state index in [9.17, 15) is 10.2 Å². The molecular weight excluding hydrogens is 586 g/mol.